The number of halogens is 3. The van der Waals surface area contributed by atoms with Crippen molar-refractivity contribution in [2.75, 3.05) is 0 Å². The first kappa shape index (κ1) is 12.6. The molecule has 6 heteroatoms. The number of hydrogen-bond donors (Lipinski definition) is 3. The second kappa shape index (κ2) is 4.61. The van der Waals surface area contributed by atoms with Gasteiger partial charge in [0.1, 0.15) is 11.5 Å². The van der Waals surface area contributed by atoms with Crippen LogP contribution in [-0.4, -0.2) is 16.4 Å². The summed E-state index contributed by atoms with van der Waals surface area (Å²) < 4.78 is 35.8. The standard InChI is InChI=1S/C10H12F3NO2/c11-10(12,13)2-1-9(14)6-3-7(15)5-8(16)4-6/h3-5,9,15-16H,1-2,14H2/t9-/m1/s1. The van der Waals surface area contributed by atoms with Crippen LogP contribution >= 0.6 is 0 Å². The van der Waals surface area contributed by atoms with E-state index in [0.717, 1.165) is 6.07 Å². The van der Waals surface area contributed by atoms with E-state index in [9.17, 15) is 13.2 Å². The van der Waals surface area contributed by atoms with E-state index in [1.807, 2.05) is 0 Å². The minimum absolute atomic E-state index is 0.225. The van der Waals surface area contributed by atoms with Gasteiger partial charge < -0.3 is 15.9 Å². The minimum atomic E-state index is -4.25. The van der Waals surface area contributed by atoms with E-state index in [2.05, 4.69) is 0 Å². The molecule has 0 saturated heterocycles. The second-order valence-electron chi connectivity index (χ2n) is 3.54. The van der Waals surface area contributed by atoms with Crippen LogP contribution in [0.5, 0.6) is 11.5 Å². The van der Waals surface area contributed by atoms with E-state index >= 15 is 0 Å². The molecular formula is C10H12F3NO2. The Bertz CT molecular complexity index is 345. The summed E-state index contributed by atoms with van der Waals surface area (Å²) in [5.74, 6) is -0.449. The number of hydrogen-bond acceptors (Lipinski definition) is 3. The van der Waals surface area contributed by atoms with Gasteiger partial charge >= 0.3 is 6.18 Å². The van der Waals surface area contributed by atoms with Gasteiger partial charge in [-0.1, -0.05) is 0 Å². The van der Waals surface area contributed by atoms with E-state index in [4.69, 9.17) is 15.9 Å². The fourth-order valence-corrected chi connectivity index (χ4v) is 1.32. The molecule has 0 aliphatic rings. The van der Waals surface area contributed by atoms with Gasteiger partial charge in [0.25, 0.3) is 0 Å². The Balaban J connectivity index is 2.69. The van der Waals surface area contributed by atoms with Gasteiger partial charge in [-0.25, -0.2) is 0 Å². The van der Waals surface area contributed by atoms with Crippen molar-refractivity contribution < 1.29 is 23.4 Å². The number of aromatic hydroxyl groups is 2. The fraction of sp³-hybridized carbons (Fsp3) is 0.400. The maximum absolute atomic E-state index is 11.9. The SMILES string of the molecule is N[C@H](CCC(F)(F)F)c1cc(O)cc(O)c1. The molecule has 0 spiro atoms. The summed E-state index contributed by atoms with van der Waals surface area (Å²) in [5, 5.41) is 18.3. The third-order valence-corrected chi connectivity index (χ3v) is 2.09. The van der Waals surface area contributed by atoms with Crippen molar-refractivity contribution >= 4 is 0 Å². The summed E-state index contributed by atoms with van der Waals surface area (Å²) in [6.45, 7) is 0. The van der Waals surface area contributed by atoms with E-state index in [-0.39, 0.29) is 23.5 Å². The van der Waals surface area contributed by atoms with Crippen LogP contribution < -0.4 is 5.73 Å². The second-order valence-corrected chi connectivity index (χ2v) is 3.54. The fourth-order valence-electron chi connectivity index (χ4n) is 1.32. The van der Waals surface area contributed by atoms with Crippen LogP contribution in [0.15, 0.2) is 18.2 Å². The molecule has 0 fully saturated rings. The molecule has 0 amide bonds. The highest BCUT2D eigenvalue weighted by molar-refractivity contribution is 5.37. The average Bonchev–Trinajstić information content (AvgIpc) is 2.11. The summed E-state index contributed by atoms with van der Waals surface area (Å²) >= 11 is 0. The van der Waals surface area contributed by atoms with E-state index < -0.39 is 18.6 Å². The molecule has 4 N–H and O–H groups in total. The Morgan fingerprint density at radius 3 is 2.06 bits per heavy atom. The summed E-state index contributed by atoms with van der Waals surface area (Å²) in [5.41, 5.74) is 5.80. The molecular weight excluding hydrogens is 223 g/mol. The maximum Gasteiger partial charge on any atom is 0.389 e. The highest BCUT2D eigenvalue weighted by Gasteiger charge is 2.27. The van der Waals surface area contributed by atoms with Gasteiger partial charge in [0.2, 0.25) is 0 Å². The van der Waals surface area contributed by atoms with Gasteiger partial charge in [0.05, 0.1) is 0 Å². The molecule has 3 nitrogen and oxygen atoms in total. The lowest BCUT2D eigenvalue weighted by molar-refractivity contribution is -0.136. The topological polar surface area (TPSA) is 66.5 Å². The quantitative estimate of drug-likeness (QED) is 0.753. The van der Waals surface area contributed by atoms with Crippen LogP contribution in [0.3, 0.4) is 0 Å². The first-order chi connectivity index (χ1) is 7.28. The van der Waals surface area contributed by atoms with Crippen molar-refractivity contribution in [3.63, 3.8) is 0 Å². The van der Waals surface area contributed by atoms with Crippen LogP contribution in [0.4, 0.5) is 13.2 Å². The molecule has 0 unspecified atom stereocenters. The van der Waals surface area contributed by atoms with Crippen molar-refractivity contribution in [2.24, 2.45) is 5.73 Å². The number of nitrogens with two attached hydrogens (primary N) is 1. The molecule has 0 aliphatic carbocycles. The molecule has 1 atom stereocenters. The van der Waals surface area contributed by atoms with Gasteiger partial charge in [-0.3, -0.25) is 0 Å². The zero-order valence-corrected chi connectivity index (χ0v) is 8.33. The molecule has 1 aromatic rings. The Labute approximate surface area is 90.3 Å². The van der Waals surface area contributed by atoms with Crippen LogP contribution in [-0.2, 0) is 0 Å². The molecule has 1 rings (SSSR count). The number of rotatable bonds is 3. The van der Waals surface area contributed by atoms with Gasteiger partial charge in [-0.2, -0.15) is 13.2 Å². The lowest BCUT2D eigenvalue weighted by atomic mass is 10.0. The van der Waals surface area contributed by atoms with Gasteiger partial charge in [0, 0.05) is 18.5 Å². The zero-order valence-electron chi connectivity index (χ0n) is 8.33. The lowest BCUT2D eigenvalue weighted by Crippen LogP contribution is -2.15. The first-order valence-electron chi connectivity index (χ1n) is 4.63. The molecule has 1 aromatic carbocycles. The molecule has 0 bridgehead atoms. The van der Waals surface area contributed by atoms with Crippen LogP contribution in [0.25, 0.3) is 0 Å². The molecule has 16 heavy (non-hydrogen) atoms. The lowest BCUT2D eigenvalue weighted by Gasteiger charge is -2.14. The molecule has 0 aromatic heterocycles. The predicted molar refractivity (Wildman–Crippen MR) is 52.0 cm³/mol. The Hall–Kier alpha value is -1.43. The maximum atomic E-state index is 11.9. The van der Waals surface area contributed by atoms with Crippen LogP contribution in [0.2, 0.25) is 0 Å². The van der Waals surface area contributed by atoms with Crippen molar-refractivity contribution in [2.45, 2.75) is 25.1 Å². The average molecular weight is 235 g/mol. The molecule has 90 valence electrons. The summed E-state index contributed by atoms with van der Waals surface area (Å²) in [6.07, 6.45) is -5.53. The number of phenolic OH excluding ortho intramolecular Hbond substituents is 2. The first-order valence-corrected chi connectivity index (χ1v) is 4.63. The normalized spacial score (nSPS) is 13.8. The summed E-state index contributed by atoms with van der Waals surface area (Å²) in [4.78, 5) is 0. The third-order valence-electron chi connectivity index (χ3n) is 2.09. The van der Waals surface area contributed by atoms with Crippen molar-refractivity contribution in [3.05, 3.63) is 23.8 Å². The number of alkyl halides is 3. The van der Waals surface area contributed by atoms with E-state index in [1.165, 1.54) is 12.1 Å². The number of phenols is 2. The van der Waals surface area contributed by atoms with Crippen molar-refractivity contribution in [3.8, 4) is 11.5 Å². The monoisotopic (exact) mass is 235 g/mol. The van der Waals surface area contributed by atoms with Crippen molar-refractivity contribution in [1.82, 2.24) is 0 Å². The molecule has 0 aliphatic heterocycles. The summed E-state index contributed by atoms with van der Waals surface area (Å²) in [6, 6.07) is 2.70. The predicted octanol–water partition coefficient (Wildman–Crippen LogP) is 2.44. The molecule has 0 heterocycles. The highest BCUT2D eigenvalue weighted by atomic mass is 19.4. The smallest absolute Gasteiger partial charge is 0.389 e. The van der Waals surface area contributed by atoms with E-state index in [1.54, 1.807) is 0 Å². The van der Waals surface area contributed by atoms with Crippen LogP contribution in [0, 0.1) is 0 Å². The summed E-state index contributed by atoms with van der Waals surface area (Å²) in [7, 11) is 0. The largest absolute Gasteiger partial charge is 0.508 e. The Kier molecular flexibility index (Phi) is 3.64. The van der Waals surface area contributed by atoms with E-state index in [0.29, 0.717) is 0 Å². The Morgan fingerprint density at radius 1 is 1.12 bits per heavy atom. The van der Waals surface area contributed by atoms with Crippen LogP contribution in [0.1, 0.15) is 24.4 Å². The number of benzene rings is 1. The minimum Gasteiger partial charge on any atom is -0.508 e. The highest BCUT2D eigenvalue weighted by Crippen LogP contribution is 2.29. The Morgan fingerprint density at radius 2 is 1.62 bits per heavy atom. The molecule has 0 radical (unpaired) electrons. The van der Waals surface area contributed by atoms with Crippen molar-refractivity contribution in [1.29, 1.82) is 0 Å². The molecule has 0 saturated carbocycles. The third kappa shape index (κ3) is 3.98. The van der Waals surface area contributed by atoms with Gasteiger partial charge in [0.15, 0.2) is 0 Å². The van der Waals surface area contributed by atoms with Gasteiger partial charge in [-0.15, -0.1) is 0 Å². The van der Waals surface area contributed by atoms with Gasteiger partial charge in [-0.05, 0) is 24.1 Å². The zero-order chi connectivity index (χ0) is 12.3.